The predicted molar refractivity (Wildman–Crippen MR) is 117 cm³/mol. The smallest absolute Gasteiger partial charge is 0.255 e. The van der Waals surface area contributed by atoms with E-state index in [1.54, 1.807) is 23.2 Å². The highest BCUT2D eigenvalue weighted by Gasteiger charge is 2.40. The number of nitrogens with one attached hydrogen (secondary N) is 1. The van der Waals surface area contributed by atoms with Crippen LogP contribution in [-0.2, 0) is 20.8 Å². The summed E-state index contributed by atoms with van der Waals surface area (Å²) in [7, 11) is 0. The van der Waals surface area contributed by atoms with Gasteiger partial charge in [0.05, 0.1) is 43.4 Å². The number of aliphatic hydroxyl groups excluding tert-OH is 1. The zero-order chi connectivity index (χ0) is 22.3. The molecule has 2 aromatic rings. The van der Waals surface area contributed by atoms with Crippen LogP contribution >= 0.6 is 0 Å². The number of nitrogens with zero attached hydrogens (tertiary/aromatic N) is 2. The third-order valence-electron chi connectivity index (χ3n) is 5.90. The van der Waals surface area contributed by atoms with Crippen molar-refractivity contribution in [1.29, 1.82) is 0 Å². The molecule has 2 fully saturated rings. The predicted octanol–water partition coefficient (Wildman–Crippen LogP) is 1.54. The van der Waals surface area contributed by atoms with Crippen LogP contribution < -0.4 is 5.32 Å². The number of hydrogen-bond donors (Lipinski definition) is 2. The minimum atomic E-state index is -0.766. The molecule has 2 amide bonds. The first-order valence-corrected chi connectivity index (χ1v) is 11.0. The van der Waals surface area contributed by atoms with Crippen molar-refractivity contribution < 1.29 is 24.2 Å². The lowest BCUT2D eigenvalue weighted by Gasteiger charge is -2.44. The summed E-state index contributed by atoms with van der Waals surface area (Å²) in [6.45, 7) is 1.04. The fourth-order valence-electron chi connectivity index (χ4n) is 4.30. The lowest BCUT2D eigenvalue weighted by molar-refractivity contribution is -0.151. The van der Waals surface area contributed by atoms with Crippen LogP contribution in [0.1, 0.15) is 35.2 Å². The maximum atomic E-state index is 13.2. The third-order valence-corrected chi connectivity index (χ3v) is 5.90. The first-order chi connectivity index (χ1) is 15.6. The van der Waals surface area contributed by atoms with E-state index in [9.17, 15) is 14.7 Å². The van der Waals surface area contributed by atoms with Gasteiger partial charge in [-0.3, -0.25) is 14.6 Å². The maximum Gasteiger partial charge on any atom is 0.255 e. The van der Waals surface area contributed by atoms with Crippen molar-refractivity contribution in [3.63, 3.8) is 0 Å². The third kappa shape index (κ3) is 5.70. The van der Waals surface area contributed by atoms with Gasteiger partial charge in [-0.05, 0) is 30.5 Å². The lowest BCUT2D eigenvalue weighted by Crippen LogP contribution is -2.57. The number of amides is 2. The van der Waals surface area contributed by atoms with Crippen molar-refractivity contribution in [2.75, 3.05) is 19.8 Å². The number of β-amino-alcohol motifs (C(OH)–C–C–N with tert-alkyl or cyclic N) is 1. The van der Waals surface area contributed by atoms with E-state index >= 15 is 0 Å². The van der Waals surface area contributed by atoms with Crippen LogP contribution in [0.4, 0.5) is 0 Å². The molecule has 0 saturated carbocycles. The first kappa shape index (κ1) is 22.4. The van der Waals surface area contributed by atoms with Crippen molar-refractivity contribution in [2.45, 2.75) is 50.2 Å². The van der Waals surface area contributed by atoms with Crippen molar-refractivity contribution >= 4 is 11.8 Å². The molecule has 0 spiro atoms. The highest BCUT2D eigenvalue weighted by Crippen LogP contribution is 2.28. The molecule has 170 valence electrons. The summed E-state index contributed by atoms with van der Waals surface area (Å²) in [5.74, 6) is -0.250. The summed E-state index contributed by atoms with van der Waals surface area (Å²) >= 11 is 0. The van der Waals surface area contributed by atoms with Crippen molar-refractivity contribution in [3.8, 4) is 0 Å². The lowest BCUT2D eigenvalue weighted by atomic mass is 9.94. The van der Waals surface area contributed by atoms with Gasteiger partial charge in [0.15, 0.2) is 0 Å². The fourth-order valence-corrected chi connectivity index (χ4v) is 4.30. The number of benzene rings is 1. The molecule has 1 aromatic carbocycles. The summed E-state index contributed by atoms with van der Waals surface area (Å²) in [6, 6.07) is 13.0. The Balaban J connectivity index is 1.38. The van der Waals surface area contributed by atoms with Crippen LogP contribution in [0.5, 0.6) is 0 Å². The molecular formula is C24H29N3O5. The van der Waals surface area contributed by atoms with E-state index < -0.39 is 6.10 Å². The van der Waals surface area contributed by atoms with Gasteiger partial charge in [-0.1, -0.05) is 30.3 Å². The molecule has 0 aliphatic carbocycles. The molecule has 32 heavy (non-hydrogen) atoms. The summed E-state index contributed by atoms with van der Waals surface area (Å²) in [5, 5.41) is 13.2. The van der Waals surface area contributed by atoms with Gasteiger partial charge in [-0.2, -0.15) is 0 Å². The molecule has 8 heteroatoms. The Morgan fingerprint density at radius 2 is 1.97 bits per heavy atom. The number of carbonyl (C=O) groups excluding carboxylic acids is 2. The Hall–Kier alpha value is -2.81. The number of hydrogen-bond acceptors (Lipinski definition) is 6. The van der Waals surface area contributed by atoms with Gasteiger partial charge in [-0.15, -0.1) is 0 Å². The minimum Gasteiger partial charge on any atom is -0.389 e. The second kappa shape index (κ2) is 10.7. The molecule has 2 saturated heterocycles. The first-order valence-electron chi connectivity index (χ1n) is 11.0. The molecule has 1 aromatic heterocycles. The summed E-state index contributed by atoms with van der Waals surface area (Å²) in [6.07, 6.45) is 3.36. The van der Waals surface area contributed by atoms with Crippen LogP contribution in [-0.4, -0.2) is 70.9 Å². The van der Waals surface area contributed by atoms with Gasteiger partial charge < -0.3 is 24.8 Å². The normalized spacial score (nSPS) is 25.8. The van der Waals surface area contributed by atoms with Gasteiger partial charge >= 0.3 is 0 Å². The summed E-state index contributed by atoms with van der Waals surface area (Å²) < 4.78 is 11.8. The number of aliphatic hydroxyl groups is 1. The molecule has 8 nitrogen and oxygen atoms in total. The van der Waals surface area contributed by atoms with E-state index in [0.717, 1.165) is 5.56 Å². The summed E-state index contributed by atoms with van der Waals surface area (Å²) in [5.41, 5.74) is 1.52. The Morgan fingerprint density at radius 3 is 2.75 bits per heavy atom. The highest BCUT2D eigenvalue weighted by atomic mass is 16.5. The standard InChI is InChI=1S/C24H29N3O5/c28-19-14-27(24(30)18-7-4-10-25-13-18)21-9-8-20(32-22(21)16-31-15-19)11-23(29)26-12-17-5-2-1-3-6-17/h1-7,10,13,19-22,28H,8-9,11-12,14-16H2,(H,26,29)/t19-,20+,21-,22+/m0/s1. The number of aromatic nitrogens is 1. The average Bonchev–Trinajstić information content (AvgIpc) is 2.81. The number of carbonyl (C=O) groups is 2. The van der Waals surface area contributed by atoms with E-state index in [2.05, 4.69) is 10.3 Å². The zero-order valence-electron chi connectivity index (χ0n) is 17.9. The Bertz CT molecular complexity index is 895. The van der Waals surface area contributed by atoms with Gasteiger partial charge in [0.1, 0.15) is 6.10 Å². The van der Waals surface area contributed by atoms with E-state index in [1.807, 2.05) is 30.3 Å². The number of pyridine rings is 1. The van der Waals surface area contributed by atoms with Gasteiger partial charge in [-0.25, -0.2) is 0 Å². The average molecular weight is 440 g/mol. The van der Waals surface area contributed by atoms with Crippen molar-refractivity contribution in [2.24, 2.45) is 0 Å². The Kier molecular flexibility index (Phi) is 7.47. The molecule has 2 aliphatic rings. The van der Waals surface area contributed by atoms with Gasteiger partial charge in [0.25, 0.3) is 5.91 Å². The number of fused-ring (bicyclic) bond motifs is 1. The van der Waals surface area contributed by atoms with Gasteiger partial charge in [0.2, 0.25) is 5.91 Å². The van der Waals surface area contributed by atoms with Crippen LogP contribution in [0.3, 0.4) is 0 Å². The van der Waals surface area contributed by atoms with Crippen molar-refractivity contribution in [1.82, 2.24) is 15.2 Å². The molecule has 0 unspecified atom stereocenters. The molecule has 2 N–H and O–H groups in total. The monoisotopic (exact) mass is 439 g/mol. The van der Waals surface area contributed by atoms with E-state index in [4.69, 9.17) is 9.47 Å². The van der Waals surface area contributed by atoms with Crippen LogP contribution in [0.25, 0.3) is 0 Å². The van der Waals surface area contributed by atoms with Gasteiger partial charge in [0, 0.05) is 25.5 Å². The topological polar surface area (TPSA) is 101 Å². The second-order valence-corrected chi connectivity index (χ2v) is 8.30. The molecule has 4 atom stereocenters. The molecular weight excluding hydrogens is 410 g/mol. The molecule has 0 radical (unpaired) electrons. The highest BCUT2D eigenvalue weighted by molar-refractivity contribution is 5.94. The van der Waals surface area contributed by atoms with Crippen LogP contribution in [0.2, 0.25) is 0 Å². The summed E-state index contributed by atoms with van der Waals surface area (Å²) in [4.78, 5) is 31.3. The van der Waals surface area contributed by atoms with E-state index in [1.165, 1.54) is 6.20 Å². The molecule has 2 aliphatic heterocycles. The van der Waals surface area contributed by atoms with Crippen LogP contribution in [0.15, 0.2) is 54.9 Å². The minimum absolute atomic E-state index is 0.0669. The SMILES string of the molecule is O=C(C[C@H]1CC[C@H]2[C@@H](COC[C@@H](O)CN2C(=O)c2cccnc2)O1)NCc1ccccc1. The fraction of sp³-hybridized carbons (Fsp3) is 0.458. The Labute approximate surface area is 187 Å². The van der Waals surface area contributed by atoms with E-state index in [0.29, 0.717) is 24.9 Å². The van der Waals surface area contributed by atoms with E-state index in [-0.39, 0.29) is 56.2 Å². The largest absolute Gasteiger partial charge is 0.389 e. The number of ether oxygens (including phenoxy) is 2. The molecule has 3 heterocycles. The van der Waals surface area contributed by atoms with Crippen molar-refractivity contribution in [3.05, 3.63) is 66.0 Å². The molecule has 4 rings (SSSR count). The van der Waals surface area contributed by atoms with Crippen LogP contribution in [0, 0.1) is 0 Å². The zero-order valence-corrected chi connectivity index (χ0v) is 17.9. The quantitative estimate of drug-likeness (QED) is 0.733. The second-order valence-electron chi connectivity index (χ2n) is 8.30. The Morgan fingerprint density at radius 1 is 1.12 bits per heavy atom. The molecule has 0 bridgehead atoms. The number of rotatable bonds is 5. The maximum absolute atomic E-state index is 13.2.